The first kappa shape index (κ1) is 17.1. The summed E-state index contributed by atoms with van der Waals surface area (Å²) in [4.78, 5) is 25.3. The number of halogens is 1. The third-order valence-electron chi connectivity index (χ3n) is 5.21. The molecular weight excluding hydrogens is 378 g/mol. The van der Waals surface area contributed by atoms with Crippen LogP contribution in [0.4, 0.5) is 0 Å². The van der Waals surface area contributed by atoms with Crippen molar-refractivity contribution in [3.05, 3.63) is 81.6 Å². The lowest BCUT2D eigenvalue weighted by Crippen LogP contribution is -2.22. The Labute approximate surface area is 165 Å². The van der Waals surface area contributed by atoms with Crippen molar-refractivity contribution in [1.82, 2.24) is 24.7 Å². The van der Waals surface area contributed by atoms with Crippen molar-refractivity contribution >= 4 is 22.6 Å². The van der Waals surface area contributed by atoms with E-state index in [0.717, 1.165) is 17.9 Å². The maximum Gasteiger partial charge on any atom is 0.263 e. The Morgan fingerprint density at radius 3 is 2.89 bits per heavy atom. The zero-order valence-electron chi connectivity index (χ0n) is 14.8. The van der Waals surface area contributed by atoms with Crippen LogP contribution in [0.1, 0.15) is 42.0 Å². The van der Waals surface area contributed by atoms with Gasteiger partial charge in [-0.2, -0.15) is 4.98 Å². The molecule has 7 nitrogen and oxygen atoms in total. The minimum Gasteiger partial charge on any atom is -0.337 e. The maximum atomic E-state index is 12.6. The molecule has 140 valence electrons. The largest absolute Gasteiger partial charge is 0.337 e. The van der Waals surface area contributed by atoms with Crippen LogP contribution >= 0.6 is 11.6 Å². The summed E-state index contributed by atoms with van der Waals surface area (Å²) in [6.07, 6.45) is 4.99. The topological polar surface area (TPSA) is 86.7 Å². The van der Waals surface area contributed by atoms with Crippen molar-refractivity contribution in [2.45, 2.75) is 31.2 Å². The van der Waals surface area contributed by atoms with Gasteiger partial charge in [0.25, 0.3) is 5.56 Å². The highest BCUT2D eigenvalue weighted by Crippen LogP contribution is 2.46. The van der Waals surface area contributed by atoms with Crippen LogP contribution in [0.3, 0.4) is 0 Å². The summed E-state index contributed by atoms with van der Waals surface area (Å²) in [5, 5.41) is 5.33. The fourth-order valence-corrected chi connectivity index (χ4v) is 3.81. The van der Waals surface area contributed by atoms with Crippen LogP contribution in [0.5, 0.6) is 0 Å². The highest BCUT2D eigenvalue weighted by molar-refractivity contribution is 6.30. The number of nitrogens with zero attached hydrogens (tertiary/aromatic N) is 5. The molecule has 1 fully saturated rings. The van der Waals surface area contributed by atoms with E-state index in [4.69, 9.17) is 16.1 Å². The summed E-state index contributed by atoms with van der Waals surface area (Å²) < 4.78 is 6.82. The molecule has 28 heavy (non-hydrogen) atoms. The zero-order chi connectivity index (χ0) is 19.1. The molecule has 3 aromatic heterocycles. The maximum absolute atomic E-state index is 12.6. The minimum atomic E-state index is -0.178. The van der Waals surface area contributed by atoms with E-state index in [9.17, 15) is 4.79 Å². The van der Waals surface area contributed by atoms with E-state index in [2.05, 4.69) is 26.2 Å². The smallest absolute Gasteiger partial charge is 0.263 e. The first-order valence-electron chi connectivity index (χ1n) is 9.05. The molecule has 8 heteroatoms. The van der Waals surface area contributed by atoms with Crippen LogP contribution in [-0.2, 0) is 6.54 Å². The fraction of sp³-hybridized carbons (Fsp3) is 0.250. The van der Waals surface area contributed by atoms with Gasteiger partial charge in [0.2, 0.25) is 5.89 Å². The first-order valence-corrected chi connectivity index (χ1v) is 9.43. The van der Waals surface area contributed by atoms with Crippen LogP contribution in [0.15, 0.2) is 58.2 Å². The molecule has 0 radical (unpaired) electrons. The Bertz CT molecular complexity index is 1210. The van der Waals surface area contributed by atoms with Crippen molar-refractivity contribution in [3.63, 3.8) is 0 Å². The molecule has 3 heterocycles. The summed E-state index contributed by atoms with van der Waals surface area (Å²) in [5.41, 5.74) is 1.49. The van der Waals surface area contributed by atoms with Crippen molar-refractivity contribution < 1.29 is 4.52 Å². The number of benzene rings is 1. The van der Waals surface area contributed by atoms with E-state index in [1.165, 1.54) is 16.5 Å². The number of hydrogen-bond acceptors (Lipinski definition) is 6. The van der Waals surface area contributed by atoms with Crippen LogP contribution in [-0.4, -0.2) is 24.7 Å². The molecule has 0 N–H and O–H groups in total. The molecule has 1 aliphatic carbocycles. The van der Waals surface area contributed by atoms with Gasteiger partial charge in [-0.15, -0.1) is 0 Å². The second-order valence-corrected chi connectivity index (χ2v) is 7.46. The zero-order valence-corrected chi connectivity index (χ0v) is 15.6. The average Bonchev–Trinajstić information content (AvgIpc) is 3.11. The van der Waals surface area contributed by atoms with E-state index in [1.807, 2.05) is 18.2 Å². The van der Waals surface area contributed by atoms with Crippen LogP contribution in [0, 0.1) is 0 Å². The Hall–Kier alpha value is -3.06. The van der Waals surface area contributed by atoms with Gasteiger partial charge in [-0.25, -0.2) is 9.97 Å². The van der Waals surface area contributed by atoms with Crippen molar-refractivity contribution in [2.75, 3.05) is 0 Å². The summed E-state index contributed by atoms with van der Waals surface area (Å²) in [5.74, 6) is 1.81. The second kappa shape index (κ2) is 6.83. The molecular formula is C20H16ClN5O2. The van der Waals surface area contributed by atoms with Gasteiger partial charge in [0, 0.05) is 17.1 Å². The normalized spacial score (nSPS) is 18.9. The molecule has 0 atom stereocenters. The van der Waals surface area contributed by atoms with E-state index >= 15 is 0 Å². The number of aromatic nitrogens is 5. The van der Waals surface area contributed by atoms with E-state index in [1.54, 1.807) is 18.3 Å². The Kier molecular flexibility index (Phi) is 4.16. The molecule has 1 saturated carbocycles. The lowest BCUT2D eigenvalue weighted by molar-refractivity contribution is 0.315. The van der Waals surface area contributed by atoms with Crippen LogP contribution in [0.25, 0.3) is 11.0 Å². The molecule has 4 aromatic rings. The molecule has 5 rings (SSSR count). The molecule has 0 amide bonds. The Morgan fingerprint density at radius 1 is 1.14 bits per heavy atom. The SMILES string of the molecule is O=c1c2cccnc2ncn1Cc1nc([C@H]2C[C@H](c3cccc(Cl)c3)C2)no1. The van der Waals surface area contributed by atoms with Gasteiger partial charge in [-0.05, 0) is 48.6 Å². The van der Waals surface area contributed by atoms with Crippen molar-refractivity contribution in [3.8, 4) is 0 Å². The second-order valence-electron chi connectivity index (χ2n) is 7.02. The average molecular weight is 394 g/mol. The van der Waals surface area contributed by atoms with Gasteiger partial charge in [0.1, 0.15) is 12.9 Å². The summed E-state index contributed by atoms with van der Waals surface area (Å²) in [6, 6.07) is 11.4. The number of pyridine rings is 1. The monoisotopic (exact) mass is 393 g/mol. The van der Waals surface area contributed by atoms with Crippen LogP contribution < -0.4 is 5.56 Å². The third kappa shape index (κ3) is 3.07. The van der Waals surface area contributed by atoms with Crippen LogP contribution in [0.2, 0.25) is 5.02 Å². The van der Waals surface area contributed by atoms with E-state index in [-0.39, 0.29) is 18.0 Å². The lowest BCUT2D eigenvalue weighted by Gasteiger charge is -2.33. The van der Waals surface area contributed by atoms with Gasteiger partial charge >= 0.3 is 0 Å². The van der Waals surface area contributed by atoms with Crippen molar-refractivity contribution in [1.29, 1.82) is 0 Å². The number of fused-ring (bicyclic) bond motifs is 1. The van der Waals surface area contributed by atoms with E-state index < -0.39 is 0 Å². The number of rotatable bonds is 4. The quantitative estimate of drug-likeness (QED) is 0.527. The van der Waals surface area contributed by atoms with Gasteiger partial charge in [-0.3, -0.25) is 9.36 Å². The highest BCUT2D eigenvalue weighted by atomic mass is 35.5. The molecule has 0 spiro atoms. The number of hydrogen-bond donors (Lipinski definition) is 0. The first-order chi connectivity index (χ1) is 13.7. The fourth-order valence-electron chi connectivity index (χ4n) is 3.62. The summed E-state index contributed by atoms with van der Waals surface area (Å²) >= 11 is 6.08. The predicted octanol–water partition coefficient (Wildman–Crippen LogP) is 3.54. The summed E-state index contributed by atoms with van der Waals surface area (Å²) in [6.45, 7) is 0.189. The molecule has 1 aliphatic rings. The van der Waals surface area contributed by atoms with Gasteiger partial charge < -0.3 is 4.52 Å². The Balaban J connectivity index is 1.30. The molecule has 0 bridgehead atoms. The predicted molar refractivity (Wildman–Crippen MR) is 103 cm³/mol. The van der Waals surface area contributed by atoms with E-state index in [0.29, 0.717) is 28.7 Å². The Morgan fingerprint density at radius 2 is 2.04 bits per heavy atom. The molecule has 0 unspecified atom stereocenters. The third-order valence-corrected chi connectivity index (χ3v) is 5.45. The van der Waals surface area contributed by atoms with Gasteiger partial charge in [0.05, 0.1) is 5.39 Å². The highest BCUT2D eigenvalue weighted by Gasteiger charge is 2.34. The molecule has 0 saturated heterocycles. The van der Waals surface area contributed by atoms with Gasteiger partial charge in [0.15, 0.2) is 11.5 Å². The van der Waals surface area contributed by atoms with Gasteiger partial charge in [-0.1, -0.05) is 28.9 Å². The minimum absolute atomic E-state index is 0.178. The lowest BCUT2D eigenvalue weighted by atomic mass is 9.71. The van der Waals surface area contributed by atoms with Crippen molar-refractivity contribution in [2.24, 2.45) is 0 Å². The summed E-state index contributed by atoms with van der Waals surface area (Å²) in [7, 11) is 0. The standard InChI is InChI=1S/C20H16ClN5O2/c21-15-4-1-3-12(9-15)13-7-14(8-13)18-24-17(28-25-18)10-26-11-23-19-16(20(26)27)5-2-6-22-19/h1-6,9,11,13-14H,7-8,10H2/t13-,14-. The molecule has 1 aromatic carbocycles. The molecule has 0 aliphatic heterocycles.